The minimum Gasteiger partial charge on any atom is -0.497 e. The lowest BCUT2D eigenvalue weighted by Gasteiger charge is -2.08. The van der Waals surface area contributed by atoms with E-state index in [0.29, 0.717) is 18.7 Å². The summed E-state index contributed by atoms with van der Waals surface area (Å²) >= 11 is 0. The highest BCUT2D eigenvalue weighted by molar-refractivity contribution is 5.94. The number of methoxy groups -OCH3 is 1. The Labute approximate surface area is 125 Å². The number of carbonyl (C=O) groups is 1. The maximum atomic E-state index is 11.8. The van der Waals surface area contributed by atoms with E-state index in [4.69, 9.17) is 9.47 Å². The van der Waals surface area contributed by atoms with Crippen LogP contribution in [0.5, 0.6) is 11.5 Å². The van der Waals surface area contributed by atoms with Crippen molar-refractivity contribution in [2.75, 3.05) is 20.3 Å². The van der Waals surface area contributed by atoms with E-state index < -0.39 is 0 Å². The molecule has 0 aliphatic heterocycles. The van der Waals surface area contributed by atoms with Gasteiger partial charge in [-0.2, -0.15) is 0 Å². The largest absolute Gasteiger partial charge is 0.497 e. The van der Waals surface area contributed by atoms with Crippen molar-refractivity contribution in [1.29, 1.82) is 0 Å². The van der Waals surface area contributed by atoms with Crippen LogP contribution < -0.4 is 14.8 Å². The van der Waals surface area contributed by atoms with Gasteiger partial charge >= 0.3 is 0 Å². The molecule has 0 unspecified atom stereocenters. The third kappa shape index (κ3) is 5.18. The number of carbonyl (C=O) groups excluding carboxylic acids is 1. The van der Waals surface area contributed by atoms with Gasteiger partial charge in [0.25, 0.3) is 5.91 Å². The zero-order chi connectivity index (χ0) is 14.2. The fourth-order valence-electron chi connectivity index (χ4n) is 1.70. The van der Waals surface area contributed by atoms with Gasteiger partial charge in [0.15, 0.2) is 0 Å². The third-order valence-electron chi connectivity index (χ3n) is 2.75. The van der Waals surface area contributed by atoms with E-state index in [1.165, 1.54) is 0 Å². The van der Waals surface area contributed by atoms with Gasteiger partial charge in [0.2, 0.25) is 0 Å². The normalized spacial score (nSPS) is 9.38. The van der Waals surface area contributed by atoms with Crippen LogP contribution in [0.4, 0.5) is 0 Å². The molecule has 2 aromatic rings. The summed E-state index contributed by atoms with van der Waals surface area (Å²) in [6.07, 6.45) is 0. The predicted octanol–water partition coefficient (Wildman–Crippen LogP) is 3.14. The molecular weight excluding hydrogens is 266 g/mol. The molecule has 0 aromatic heterocycles. The van der Waals surface area contributed by atoms with Gasteiger partial charge in [-0.1, -0.05) is 25.6 Å². The van der Waals surface area contributed by atoms with E-state index in [9.17, 15) is 4.79 Å². The van der Waals surface area contributed by atoms with Crippen LogP contribution in [0.25, 0.3) is 0 Å². The molecule has 0 aliphatic carbocycles. The van der Waals surface area contributed by atoms with E-state index in [2.05, 4.69) is 5.32 Å². The van der Waals surface area contributed by atoms with Crippen molar-refractivity contribution in [2.45, 2.75) is 7.43 Å². The zero-order valence-electron chi connectivity index (χ0n) is 11.3. The quantitative estimate of drug-likeness (QED) is 0.830. The van der Waals surface area contributed by atoms with Crippen LogP contribution in [-0.2, 0) is 0 Å². The van der Waals surface area contributed by atoms with Gasteiger partial charge in [0, 0.05) is 5.56 Å². The van der Waals surface area contributed by atoms with E-state index in [1.54, 1.807) is 19.2 Å². The number of benzene rings is 2. The van der Waals surface area contributed by atoms with Crippen molar-refractivity contribution in [2.24, 2.45) is 0 Å². The molecule has 0 saturated heterocycles. The van der Waals surface area contributed by atoms with Crippen LogP contribution in [0.2, 0.25) is 0 Å². The summed E-state index contributed by atoms with van der Waals surface area (Å²) in [4.78, 5) is 11.8. The molecule has 21 heavy (non-hydrogen) atoms. The van der Waals surface area contributed by atoms with E-state index in [-0.39, 0.29) is 13.3 Å². The van der Waals surface area contributed by atoms with Crippen molar-refractivity contribution >= 4 is 5.91 Å². The highest BCUT2D eigenvalue weighted by atomic mass is 16.5. The first kappa shape index (κ1) is 16.6. The smallest absolute Gasteiger partial charge is 0.251 e. The van der Waals surface area contributed by atoms with Gasteiger partial charge in [-0.25, -0.2) is 0 Å². The summed E-state index contributed by atoms with van der Waals surface area (Å²) in [5, 5.41) is 2.80. The van der Waals surface area contributed by atoms with Gasteiger partial charge in [-0.3, -0.25) is 4.79 Å². The molecule has 0 aliphatic rings. The lowest BCUT2D eigenvalue weighted by molar-refractivity contribution is 0.0947. The van der Waals surface area contributed by atoms with Crippen molar-refractivity contribution in [3.8, 4) is 11.5 Å². The van der Waals surface area contributed by atoms with Crippen LogP contribution in [0.15, 0.2) is 54.6 Å². The summed E-state index contributed by atoms with van der Waals surface area (Å²) in [7, 11) is 1.62. The number of hydrogen-bond donors (Lipinski definition) is 1. The Hall–Kier alpha value is -2.49. The number of rotatable bonds is 6. The maximum Gasteiger partial charge on any atom is 0.251 e. The molecule has 2 rings (SSSR count). The lowest BCUT2D eigenvalue weighted by Crippen LogP contribution is -2.27. The van der Waals surface area contributed by atoms with Gasteiger partial charge in [-0.05, 0) is 36.4 Å². The lowest BCUT2D eigenvalue weighted by atomic mass is 10.2. The highest BCUT2D eigenvalue weighted by Gasteiger charge is 2.03. The SMILES string of the molecule is C.COc1ccc(OCCNC(=O)c2ccccc2)cc1. The number of ether oxygens (including phenoxy) is 2. The van der Waals surface area contributed by atoms with Crippen molar-refractivity contribution in [3.05, 3.63) is 60.2 Å². The number of amides is 1. The molecule has 0 saturated carbocycles. The van der Waals surface area contributed by atoms with Crippen LogP contribution in [0.3, 0.4) is 0 Å². The first-order chi connectivity index (χ1) is 9.79. The van der Waals surface area contributed by atoms with Crippen LogP contribution in [0.1, 0.15) is 17.8 Å². The van der Waals surface area contributed by atoms with Crippen LogP contribution in [0, 0.1) is 0 Å². The minimum absolute atomic E-state index is 0. The fourth-order valence-corrected chi connectivity index (χ4v) is 1.70. The first-order valence-corrected chi connectivity index (χ1v) is 6.39. The molecule has 1 N–H and O–H groups in total. The number of hydrogen-bond acceptors (Lipinski definition) is 3. The Morgan fingerprint density at radius 2 is 1.62 bits per heavy atom. The molecule has 1 amide bonds. The van der Waals surface area contributed by atoms with Gasteiger partial charge in [0.1, 0.15) is 18.1 Å². The third-order valence-corrected chi connectivity index (χ3v) is 2.75. The first-order valence-electron chi connectivity index (χ1n) is 6.39. The summed E-state index contributed by atoms with van der Waals surface area (Å²) < 4.78 is 10.6. The fraction of sp³-hybridized carbons (Fsp3) is 0.235. The van der Waals surface area contributed by atoms with Gasteiger partial charge in [0.05, 0.1) is 13.7 Å². The summed E-state index contributed by atoms with van der Waals surface area (Å²) in [6.45, 7) is 0.880. The second kappa shape index (κ2) is 8.64. The molecule has 0 atom stereocenters. The Balaban J connectivity index is 0.00000220. The number of nitrogens with one attached hydrogen (secondary N) is 1. The maximum absolute atomic E-state index is 11.8. The average Bonchev–Trinajstić information content (AvgIpc) is 2.53. The van der Waals surface area contributed by atoms with E-state index in [0.717, 1.165) is 11.5 Å². The van der Waals surface area contributed by atoms with Crippen LogP contribution >= 0.6 is 0 Å². The van der Waals surface area contributed by atoms with Crippen LogP contribution in [-0.4, -0.2) is 26.2 Å². The Bertz CT molecular complexity index is 538. The molecule has 4 heteroatoms. The standard InChI is InChI=1S/C16H17NO3.CH4/c1-19-14-7-9-15(10-8-14)20-12-11-17-16(18)13-5-3-2-4-6-13;/h2-10H,11-12H2,1H3,(H,17,18);1H4. The summed E-state index contributed by atoms with van der Waals surface area (Å²) in [5.41, 5.74) is 0.650. The summed E-state index contributed by atoms with van der Waals surface area (Å²) in [5.74, 6) is 1.44. The molecule has 0 fully saturated rings. The zero-order valence-corrected chi connectivity index (χ0v) is 11.3. The Morgan fingerprint density at radius 3 is 2.24 bits per heavy atom. The minimum atomic E-state index is -0.0936. The van der Waals surface area contributed by atoms with Crippen molar-refractivity contribution < 1.29 is 14.3 Å². The molecule has 0 bridgehead atoms. The van der Waals surface area contributed by atoms with Gasteiger partial charge in [-0.15, -0.1) is 0 Å². The monoisotopic (exact) mass is 287 g/mol. The highest BCUT2D eigenvalue weighted by Crippen LogP contribution is 2.16. The molecular formula is C17H21NO3. The summed E-state index contributed by atoms with van der Waals surface area (Å²) in [6, 6.07) is 16.4. The molecule has 0 radical (unpaired) electrons. The van der Waals surface area contributed by atoms with E-state index >= 15 is 0 Å². The topological polar surface area (TPSA) is 47.6 Å². The second-order valence-electron chi connectivity index (χ2n) is 4.15. The molecule has 112 valence electrons. The molecule has 0 spiro atoms. The predicted molar refractivity (Wildman–Crippen MR) is 84.0 cm³/mol. The second-order valence-corrected chi connectivity index (χ2v) is 4.15. The van der Waals surface area contributed by atoms with Crippen molar-refractivity contribution in [1.82, 2.24) is 5.32 Å². The molecule has 4 nitrogen and oxygen atoms in total. The van der Waals surface area contributed by atoms with Gasteiger partial charge < -0.3 is 14.8 Å². The molecule has 2 aromatic carbocycles. The van der Waals surface area contributed by atoms with Crippen molar-refractivity contribution in [3.63, 3.8) is 0 Å². The Morgan fingerprint density at radius 1 is 1.00 bits per heavy atom. The Kier molecular flexibility index (Phi) is 6.81. The average molecular weight is 287 g/mol. The molecule has 0 heterocycles. The van der Waals surface area contributed by atoms with E-state index in [1.807, 2.05) is 42.5 Å².